The molecule has 0 aromatic carbocycles. The van der Waals surface area contributed by atoms with Crippen LogP contribution in [-0.4, -0.2) is 9.97 Å². The molecule has 0 bridgehead atoms. The van der Waals surface area contributed by atoms with Crippen molar-refractivity contribution in [3.05, 3.63) is 17.7 Å². The van der Waals surface area contributed by atoms with Gasteiger partial charge >= 0.3 is 0 Å². The molecule has 0 aliphatic heterocycles. The standard InChI is InChI=1S/C8H9N3O/c1-4-6(9)3-7-8(10-4)12-5(2)11-7/h3H,9H2,1-2H3. The van der Waals surface area contributed by atoms with Crippen molar-refractivity contribution in [2.24, 2.45) is 0 Å². The number of hydrogen-bond acceptors (Lipinski definition) is 4. The first kappa shape index (κ1) is 7.09. The minimum atomic E-state index is 0.555. The third-order valence-electron chi connectivity index (χ3n) is 1.72. The van der Waals surface area contributed by atoms with Gasteiger partial charge in [0.1, 0.15) is 5.52 Å². The fourth-order valence-electron chi connectivity index (χ4n) is 1.08. The second-order valence-corrected chi connectivity index (χ2v) is 2.72. The lowest BCUT2D eigenvalue weighted by Gasteiger charge is -1.95. The minimum absolute atomic E-state index is 0.555. The van der Waals surface area contributed by atoms with E-state index in [0.29, 0.717) is 17.3 Å². The van der Waals surface area contributed by atoms with Crippen LogP contribution in [0.1, 0.15) is 11.6 Å². The van der Waals surface area contributed by atoms with Gasteiger partial charge < -0.3 is 10.2 Å². The van der Waals surface area contributed by atoms with E-state index in [9.17, 15) is 0 Å². The quantitative estimate of drug-likeness (QED) is 0.637. The molecule has 4 heteroatoms. The number of nitrogen functional groups attached to an aromatic ring is 1. The van der Waals surface area contributed by atoms with Crippen LogP contribution in [0.2, 0.25) is 0 Å². The Morgan fingerprint density at radius 3 is 2.83 bits per heavy atom. The van der Waals surface area contributed by atoms with E-state index in [4.69, 9.17) is 10.2 Å². The van der Waals surface area contributed by atoms with Gasteiger partial charge in [0.15, 0.2) is 5.89 Å². The summed E-state index contributed by atoms with van der Waals surface area (Å²) in [5.74, 6) is 0.613. The van der Waals surface area contributed by atoms with Crippen LogP contribution < -0.4 is 5.73 Å². The van der Waals surface area contributed by atoms with Crippen LogP contribution in [0.4, 0.5) is 5.69 Å². The first-order chi connectivity index (χ1) is 5.66. The average molecular weight is 163 g/mol. The van der Waals surface area contributed by atoms with Crippen LogP contribution in [0.3, 0.4) is 0 Å². The Hall–Kier alpha value is -1.58. The normalized spacial score (nSPS) is 10.8. The lowest BCUT2D eigenvalue weighted by molar-refractivity contribution is 0.551. The summed E-state index contributed by atoms with van der Waals surface area (Å²) in [4.78, 5) is 8.25. The van der Waals surface area contributed by atoms with Gasteiger partial charge in [-0.05, 0) is 13.0 Å². The van der Waals surface area contributed by atoms with Gasteiger partial charge in [0, 0.05) is 6.92 Å². The van der Waals surface area contributed by atoms with Crippen LogP contribution in [0, 0.1) is 13.8 Å². The molecular formula is C8H9N3O. The molecule has 0 aliphatic rings. The maximum atomic E-state index is 5.65. The van der Waals surface area contributed by atoms with Crippen molar-refractivity contribution in [3.63, 3.8) is 0 Å². The molecule has 2 rings (SSSR count). The van der Waals surface area contributed by atoms with Crippen molar-refractivity contribution >= 4 is 16.9 Å². The maximum Gasteiger partial charge on any atom is 0.247 e. The molecule has 0 radical (unpaired) electrons. The molecule has 2 heterocycles. The molecule has 62 valence electrons. The Balaban J connectivity index is 2.83. The van der Waals surface area contributed by atoms with E-state index in [1.807, 2.05) is 6.92 Å². The van der Waals surface area contributed by atoms with Gasteiger partial charge in [-0.25, -0.2) is 9.97 Å². The molecule has 0 fully saturated rings. The Morgan fingerprint density at radius 2 is 2.08 bits per heavy atom. The van der Waals surface area contributed by atoms with Gasteiger partial charge in [-0.1, -0.05) is 0 Å². The Kier molecular flexibility index (Phi) is 1.30. The van der Waals surface area contributed by atoms with Gasteiger partial charge in [-0.15, -0.1) is 0 Å². The lowest BCUT2D eigenvalue weighted by Crippen LogP contribution is -1.91. The molecular weight excluding hydrogens is 154 g/mol. The summed E-state index contributed by atoms with van der Waals surface area (Å²) in [7, 11) is 0. The van der Waals surface area contributed by atoms with E-state index >= 15 is 0 Å². The van der Waals surface area contributed by atoms with E-state index in [-0.39, 0.29) is 0 Å². The highest BCUT2D eigenvalue weighted by atomic mass is 16.4. The molecule has 0 saturated carbocycles. The zero-order valence-electron chi connectivity index (χ0n) is 6.96. The largest absolute Gasteiger partial charge is 0.423 e. The topological polar surface area (TPSA) is 64.9 Å². The second-order valence-electron chi connectivity index (χ2n) is 2.72. The fraction of sp³-hybridized carbons (Fsp3) is 0.250. The van der Waals surface area contributed by atoms with Gasteiger partial charge in [-0.3, -0.25) is 0 Å². The van der Waals surface area contributed by atoms with Crippen LogP contribution in [0.15, 0.2) is 10.5 Å². The molecule has 2 aromatic rings. The molecule has 0 saturated heterocycles. The zero-order chi connectivity index (χ0) is 8.72. The number of aromatic nitrogens is 2. The first-order valence-electron chi connectivity index (χ1n) is 3.67. The Morgan fingerprint density at radius 1 is 1.33 bits per heavy atom. The average Bonchev–Trinajstić information content (AvgIpc) is 2.30. The lowest BCUT2D eigenvalue weighted by atomic mass is 10.3. The predicted octanol–water partition coefficient (Wildman–Crippen LogP) is 1.42. The smallest absolute Gasteiger partial charge is 0.247 e. The molecule has 0 unspecified atom stereocenters. The van der Waals surface area contributed by atoms with Crippen LogP contribution in [0.5, 0.6) is 0 Å². The molecule has 0 aliphatic carbocycles. The van der Waals surface area contributed by atoms with E-state index < -0.39 is 0 Å². The SMILES string of the molecule is Cc1nc2cc(N)c(C)nc2o1. The van der Waals surface area contributed by atoms with Crippen molar-refractivity contribution in [3.8, 4) is 0 Å². The number of hydrogen-bond donors (Lipinski definition) is 1. The van der Waals surface area contributed by atoms with Gasteiger partial charge in [0.05, 0.1) is 11.4 Å². The van der Waals surface area contributed by atoms with E-state index in [1.165, 1.54) is 0 Å². The summed E-state index contributed by atoms with van der Waals surface area (Å²) in [5, 5.41) is 0. The summed E-state index contributed by atoms with van der Waals surface area (Å²) in [6.07, 6.45) is 0. The highest BCUT2D eigenvalue weighted by molar-refractivity contribution is 5.73. The maximum absolute atomic E-state index is 5.65. The van der Waals surface area contributed by atoms with Gasteiger partial charge in [0.25, 0.3) is 0 Å². The number of pyridine rings is 1. The number of nitrogens with zero attached hydrogens (tertiary/aromatic N) is 2. The fourth-order valence-corrected chi connectivity index (χ4v) is 1.08. The number of nitrogens with two attached hydrogens (primary N) is 1. The van der Waals surface area contributed by atoms with E-state index in [0.717, 1.165) is 11.2 Å². The zero-order valence-corrected chi connectivity index (χ0v) is 6.96. The van der Waals surface area contributed by atoms with Crippen molar-refractivity contribution in [2.45, 2.75) is 13.8 Å². The minimum Gasteiger partial charge on any atom is -0.423 e. The molecule has 0 atom stereocenters. The molecule has 2 aromatic heterocycles. The predicted molar refractivity (Wildman–Crippen MR) is 45.7 cm³/mol. The van der Waals surface area contributed by atoms with Crippen LogP contribution >= 0.6 is 0 Å². The number of oxazole rings is 1. The number of rotatable bonds is 0. The van der Waals surface area contributed by atoms with Crippen molar-refractivity contribution < 1.29 is 4.42 Å². The number of anilines is 1. The highest BCUT2D eigenvalue weighted by Crippen LogP contribution is 2.17. The van der Waals surface area contributed by atoms with E-state index in [2.05, 4.69) is 9.97 Å². The van der Waals surface area contributed by atoms with Crippen LogP contribution in [-0.2, 0) is 0 Å². The molecule has 12 heavy (non-hydrogen) atoms. The number of aryl methyl sites for hydroxylation is 2. The van der Waals surface area contributed by atoms with Crippen molar-refractivity contribution in [2.75, 3.05) is 5.73 Å². The monoisotopic (exact) mass is 163 g/mol. The summed E-state index contributed by atoms with van der Waals surface area (Å²) < 4.78 is 5.23. The Labute approximate surface area is 69.4 Å². The van der Waals surface area contributed by atoms with Crippen molar-refractivity contribution in [1.29, 1.82) is 0 Å². The van der Waals surface area contributed by atoms with Crippen molar-refractivity contribution in [1.82, 2.24) is 9.97 Å². The summed E-state index contributed by atoms with van der Waals surface area (Å²) >= 11 is 0. The highest BCUT2D eigenvalue weighted by Gasteiger charge is 2.05. The second kappa shape index (κ2) is 2.20. The summed E-state index contributed by atoms with van der Waals surface area (Å²) in [6, 6.07) is 1.77. The molecule has 2 N–H and O–H groups in total. The van der Waals surface area contributed by atoms with E-state index in [1.54, 1.807) is 13.0 Å². The molecule has 4 nitrogen and oxygen atoms in total. The van der Waals surface area contributed by atoms with Gasteiger partial charge in [0.2, 0.25) is 5.71 Å². The van der Waals surface area contributed by atoms with Crippen LogP contribution in [0.25, 0.3) is 11.2 Å². The number of fused-ring (bicyclic) bond motifs is 1. The summed E-state index contributed by atoms with van der Waals surface area (Å²) in [6.45, 7) is 3.62. The first-order valence-corrected chi connectivity index (χ1v) is 3.67. The third kappa shape index (κ3) is 0.922. The summed E-state index contributed by atoms with van der Waals surface area (Å²) in [5.41, 5.74) is 8.35. The van der Waals surface area contributed by atoms with Gasteiger partial charge in [-0.2, -0.15) is 0 Å². The molecule has 0 amide bonds. The third-order valence-corrected chi connectivity index (χ3v) is 1.72. The molecule has 0 spiro atoms. The Bertz CT molecular complexity index is 394.